The summed E-state index contributed by atoms with van der Waals surface area (Å²) in [4.78, 5) is 0. The lowest BCUT2D eigenvalue weighted by Crippen LogP contribution is -2.18. The summed E-state index contributed by atoms with van der Waals surface area (Å²) in [5.41, 5.74) is 2.37. The predicted octanol–water partition coefficient (Wildman–Crippen LogP) is 4.96. The van der Waals surface area contributed by atoms with Crippen LogP contribution in [0, 0.1) is 23.7 Å². The highest BCUT2D eigenvalue weighted by molar-refractivity contribution is 5.36. The average molecular weight is 298 g/mol. The van der Waals surface area contributed by atoms with Crippen molar-refractivity contribution in [2.45, 2.75) is 71.3 Å². The number of aliphatic hydroxyl groups is 1. The van der Waals surface area contributed by atoms with Crippen LogP contribution in [-0.4, -0.2) is 11.2 Å². The van der Waals surface area contributed by atoms with Crippen LogP contribution < -0.4 is 0 Å². The van der Waals surface area contributed by atoms with Crippen LogP contribution in [0.2, 0.25) is 0 Å². The molecule has 2 rings (SSSR count). The molecular formula is C21H30O. The third-order valence-corrected chi connectivity index (χ3v) is 4.98. The summed E-state index contributed by atoms with van der Waals surface area (Å²) in [7, 11) is 0. The Morgan fingerprint density at radius 1 is 1.05 bits per heavy atom. The fourth-order valence-electron chi connectivity index (χ4n) is 3.46. The van der Waals surface area contributed by atoms with E-state index in [2.05, 4.69) is 50.0 Å². The van der Waals surface area contributed by atoms with Gasteiger partial charge in [0.05, 0.1) is 0 Å². The molecule has 0 heterocycles. The molecule has 0 saturated heterocycles. The Kier molecular flexibility index (Phi) is 7.00. The van der Waals surface area contributed by atoms with Crippen molar-refractivity contribution in [2.75, 3.05) is 0 Å². The first-order valence-corrected chi connectivity index (χ1v) is 8.99. The lowest BCUT2D eigenvalue weighted by Gasteiger charge is -2.28. The van der Waals surface area contributed by atoms with Crippen molar-refractivity contribution >= 4 is 0 Å². The van der Waals surface area contributed by atoms with Crippen LogP contribution in [0.15, 0.2) is 24.3 Å². The van der Waals surface area contributed by atoms with Crippen LogP contribution in [0.4, 0.5) is 0 Å². The summed E-state index contributed by atoms with van der Waals surface area (Å²) >= 11 is 0. The van der Waals surface area contributed by atoms with E-state index < -0.39 is 6.10 Å². The maximum Gasteiger partial charge on any atom is 0.115 e. The first kappa shape index (κ1) is 17.1. The molecule has 0 radical (unpaired) electrons. The van der Waals surface area contributed by atoms with Crippen molar-refractivity contribution in [3.8, 4) is 11.8 Å². The third-order valence-electron chi connectivity index (χ3n) is 4.98. The standard InChI is InChI=1S/C21H30O/c1-3-5-18-8-10-19(11-9-18)14-15-21(22)16-20-12-6-17(4-2)7-13-20/h8-11,17,20-22H,3-7,12-13,16H2,1-2H3. The van der Waals surface area contributed by atoms with E-state index in [0.717, 1.165) is 24.3 Å². The van der Waals surface area contributed by atoms with Crippen LogP contribution in [-0.2, 0) is 6.42 Å². The molecule has 0 aromatic heterocycles. The Labute approximate surface area is 136 Å². The van der Waals surface area contributed by atoms with Gasteiger partial charge < -0.3 is 5.11 Å². The molecule has 22 heavy (non-hydrogen) atoms. The van der Waals surface area contributed by atoms with Crippen molar-refractivity contribution in [3.63, 3.8) is 0 Å². The second-order valence-electron chi connectivity index (χ2n) is 6.76. The van der Waals surface area contributed by atoms with Gasteiger partial charge >= 0.3 is 0 Å². The zero-order valence-electron chi connectivity index (χ0n) is 14.1. The van der Waals surface area contributed by atoms with E-state index in [4.69, 9.17) is 0 Å². The fourth-order valence-corrected chi connectivity index (χ4v) is 3.46. The van der Waals surface area contributed by atoms with Crippen LogP contribution in [0.5, 0.6) is 0 Å². The maximum absolute atomic E-state index is 10.2. The number of aliphatic hydroxyl groups excluding tert-OH is 1. The van der Waals surface area contributed by atoms with E-state index in [1.54, 1.807) is 0 Å². The van der Waals surface area contributed by atoms with Gasteiger partial charge in [0.2, 0.25) is 0 Å². The second kappa shape index (κ2) is 9.01. The summed E-state index contributed by atoms with van der Waals surface area (Å²) in [6, 6.07) is 8.42. The molecule has 1 heteroatoms. The predicted molar refractivity (Wildman–Crippen MR) is 93.7 cm³/mol. The molecule has 1 unspecified atom stereocenters. The van der Waals surface area contributed by atoms with E-state index >= 15 is 0 Å². The van der Waals surface area contributed by atoms with Gasteiger partial charge in [-0.1, -0.05) is 76.3 Å². The van der Waals surface area contributed by atoms with Crippen molar-refractivity contribution in [3.05, 3.63) is 35.4 Å². The number of hydrogen-bond donors (Lipinski definition) is 1. The molecule has 0 bridgehead atoms. The lowest BCUT2D eigenvalue weighted by atomic mass is 9.79. The first-order chi connectivity index (χ1) is 10.7. The van der Waals surface area contributed by atoms with Crippen molar-refractivity contribution in [1.29, 1.82) is 0 Å². The highest BCUT2D eigenvalue weighted by atomic mass is 16.3. The van der Waals surface area contributed by atoms with Crippen LogP contribution >= 0.6 is 0 Å². The van der Waals surface area contributed by atoms with Gasteiger partial charge in [0.1, 0.15) is 6.10 Å². The molecule has 1 saturated carbocycles. The summed E-state index contributed by atoms with van der Waals surface area (Å²) < 4.78 is 0. The van der Waals surface area contributed by atoms with Crippen molar-refractivity contribution in [1.82, 2.24) is 0 Å². The Bertz CT molecular complexity index is 483. The first-order valence-electron chi connectivity index (χ1n) is 8.99. The summed E-state index contributed by atoms with van der Waals surface area (Å²) in [6.45, 7) is 4.48. The van der Waals surface area contributed by atoms with E-state index in [0.29, 0.717) is 5.92 Å². The molecule has 0 aliphatic heterocycles. The van der Waals surface area contributed by atoms with Crippen LogP contribution in [0.25, 0.3) is 0 Å². The van der Waals surface area contributed by atoms with Crippen molar-refractivity contribution in [2.24, 2.45) is 11.8 Å². The van der Waals surface area contributed by atoms with Gasteiger partial charge in [0.15, 0.2) is 0 Å². The SMILES string of the molecule is CCCc1ccc(C#CC(O)CC2CCC(CC)CC2)cc1. The molecule has 1 N–H and O–H groups in total. The topological polar surface area (TPSA) is 20.2 Å². The highest BCUT2D eigenvalue weighted by Crippen LogP contribution is 2.32. The molecule has 1 atom stereocenters. The molecular weight excluding hydrogens is 268 g/mol. The molecule has 1 nitrogen and oxygen atoms in total. The zero-order chi connectivity index (χ0) is 15.8. The number of aryl methyl sites for hydroxylation is 1. The molecule has 0 amide bonds. The largest absolute Gasteiger partial charge is 0.380 e. The van der Waals surface area contributed by atoms with Crippen molar-refractivity contribution < 1.29 is 5.11 Å². The number of rotatable bonds is 5. The minimum absolute atomic E-state index is 0.474. The van der Waals surface area contributed by atoms with Gasteiger partial charge in [0, 0.05) is 5.56 Å². The monoisotopic (exact) mass is 298 g/mol. The maximum atomic E-state index is 10.2. The molecule has 120 valence electrons. The second-order valence-corrected chi connectivity index (χ2v) is 6.76. The minimum atomic E-state index is -0.474. The Morgan fingerprint density at radius 2 is 1.68 bits per heavy atom. The molecule has 0 spiro atoms. The van der Waals surface area contributed by atoms with E-state index in [-0.39, 0.29) is 0 Å². The highest BCUT2D eigenvalue weighted by Gasteiger charge is 2.21. The summed E-state index contributed by atoms with van der Waals surface area (Å²) in [5, 5.41) is 10.2. The molecule has 1 aliphatic rings. The average Bonchev–Trinajstić information content (AvgIpc) is 2.55. The van der Waals surface area contributed by atoms with E-state index in [9.17, 15) is 5.11 Å². The molecule has 1 fully saturated rings. The van der Waals surface area contributed by atoms with E-state index in [1.807, 2.05) is 0 Å². The quantitative estimate of drug-likeness (QED) is 0.762. The third kappa shape index (κ3) is 5.50. The van der Waals surface area contributed by atoms with Crippen LogP contribution in [0.3, 0.4) is 0 Å². The number of hydrogen-bond acceptors (Lipinski definition) is 1. The molecule has 1 aliphatic carbocycles. The van der Waals surface area contributed by atoms with Gasteiger partial charge in [-0.3, -0.25) is 0 Å². The normalized spacial score (nSPS) is 22.7. The summed E-state index contributed by atoms with van der Waals surface area (Å²) in [6.07, 6.45) is 9.17. The molecule has 1 aromatic rings. The minimum Gasteiger partial charge on any atom is -0.380 e. The van der Waals surface area contributed by atoms with Gasteiger partial charge in [-0.2, -0.15) is 0 Å². The zero-order valence-corrected chi connectivity index (χ0v) is 14.1. The summed E-state index contributed by atoms with van der Waals surface area (Å²) in [5.74, 6) is 7.74. The molecule has 1 aromatic carbocycles. The Hall–Kier alpha value is -1.26. The van der Waals surface area contributed by atoms with Gasteiger partial charge in [-0.05, 0) is 42.4 Å². The van der Waals surface area contributed by atoms with Gasteiger partial charge in [-0.25, -0.2) is 0 Å². The smallest absolute Gasteiger partial charge is 0.115 e. The number of benzene rings is 1. The van der Waals surface area contributed by atoms with Crippen LogP contribution in [0.1, 0.15) is 69.9 Å². The van der Waals surface area contributed by atoms with Gasteiger partial charge in [-0.15, -0.1) is 0 Å². The Morgan fingerprint density at radius 3 is 2.27 bits per heavy atom. The fraction of sp³-hybridized carbons (Fsp3) is 0.619. The lowest BCUT2D eigenvalue weighted by molar-refractivity contribution is 0.163. The Balaban J connectivity index is 1.80. The van der Waals surface area contributed by atoms with Gasteiger partial charge in [0.25, 0.3) is 0 Å². The van der Waals surface area contributed by atoms with E-state index in [1.165, 1.54) is 44.1 Å².